The van der Waals surface area contributed by atoms with Gasteiger partial charge in [0.1, 0.15) is 0 Å². The first-order valence-electron chi connectivity index (χ1n) is 6.89. The molecule has 0 N–H and O–H groups in total. The van der Waals surface area contributed by atoms with Crippen molar-refractivity contribution in [1.82, 2.24) is 9.97 Å². The monoisotopic (exact) mass is 322 g/mol. The Morgan fingerprint density at radius 2 is 1.52 bits per heavy atom. The fourth-order valence-electron chi connectivity index (χ4n) is 2.70. The summed E-state index contributed by atoms with van der Waals surface area (Å²) in [7, 11) is -3.51. The summed E-state index contributed by atoms with van der Waals surface area (Å²) < 4.78 is 25.0. The van der Waals surface area contributed by atoms with Crippen molar-refractivity contribution in [1.29, 1.82) is 0 Å². The summed E-state index contributed by atoms with van der Waals surface area (Å²) in [4.78, 5) is 20.8. The summed E-state index contributed by atoms with van der Waals surface area (Å²) in [5.74, 6) is -0.253. The number of hydrogen-bond donors (Lipinski definition) is 0. The Hall–Kier alpha value is -2.86. The zero-order valence-corrected chi connectivity index (χ0v) is 12.6. The molecular weight excluding hydrogens is 312 g/mol. The van der Waals surface area contributed by atoms with Crippen LogP contribution in [0.4, 0.5) is 0 Å². The summed E-state index contributed by atoms with van der Waals surface area (Å²) in [6, 6.07) is 13.0. The molecule has 0 amide bonds. The molecule has 0 atom stereocenters. The number of carbonyl (C=O) groups is 1. The Kier molecular flexibility index (Phi) is 2.89. The van der Waals surface area contributed by atoms with Gasteiger partial charge in [0.2, 0.25) is 21.4 Å². The SMILES string of the molecule is O=C(c1ccc2c(c1)-c1ccccc1S2(=O)=O)c1ncccn1. The lowest BCUT2D eigenvalue weighted by atomic mass is 10.0. The third-order valence-corrected chi connectivity index (χ3v) is 5.64. The molecule has 0 saturated carbocycles. The number of ketones is 1. The normalized spacial score (nSPS) is 14.1. The number of nitrogens with zero attached hydrogens (tertiary/aromatic N) is 2. The number of aromatic nitrogens is 2. The summed E-state index contributed by atoms with van der Waals surface area (Å²) in [6.07, 6.45) is 2.99. The molecule has 6 heteroatoms. The van der Waals surface area contributed by atoms with Crippen molar-refractivity contribution in [2.24, 2.45) is 0 Å². The number of sulfone groups is 1. The van der Waals surface area contributed by atoms with Crippen LogP contribution in [0.5, 0.6) is 0 Å². The minimum absolute atomic E-state index is 0.0848. The molecule has 23 heavy (non-hydrogen) atoms. The quantitative estimate of drug-likeness (QED) is 0.530. The van der Waals surface area contributed by atoms with Gasteiger partial charge >= 0.3 is 0 Å². The summed E-state index contributed by atoms with van der Waals surface area (Å²) in [5.41, 5.74) is 1.52. The van der Waals surface area contributed by atoms with Crippen LogP contribution in [0.2, 0.25) is 0 Å². The lowest BCUT2D eigenvalue weighted by Crippen LogP contribution is -2.06. The van der Waals surface area contributed by atoms with Gasteiger partial charge in [-0.2, -0.15) is 0 Å². The predicted molar refractivity (Wildman–Crippen MR) is 82.8 cm³/mol. The first-order valence-corrected chi connectivity index (χ1v) is 8.37. The molecule has 0 radical (unpaired) electrons. The van der Waals surface area contributed by atoms with Crippen molar-refractivity contribution in [2.45, 2.75) is 9.79 Å². The van der Waals surface area contributed by atoms with Gasteiger partial charge in [0, 0.05) is 29.1 Å². The molecule has 3 aromatic rings. The van der Waals surface area contributed by atoms with E-state index in [0.717, 1.165) is 0 Å². The fourth-order valence-corrected chi connectivity index (χ4v) is 4.37. The number of benzene rings is 2. The highest BCUT2D eigenvalue weighted by Gasteiger charge is 2.33. The van der Waals surface area contributed by atoms with Crippen LogP contribution >= 0.6 is 0 Å². The van der Waals surface area contributed by atoms with Gasteiger partial charge in [0.05, 0.1) is 9.79 Å². The molecule has 4 rings (SSSR count). The third kappa shape index (κ3) is 1.99. The number of hydrogen-bond acceptors (Lipinski definition) is 5. The fraction of sp³-hybridized carbons (Fsp3) is 0. The van der Waals surface area contributed by atoms with Gasteiger partial charge in [-0.25, -0.2) is 18.4 Å². The molecule has 1 aliphatic heterocycles. The molecule has 2 heterocycles. The van der Waals surface area contributed by atoms with Crippen molar-refractivity contribution < 1.29 is 13.2 Å². The van der Waals surface area contributed by atoms with Gasteiger partial charge in [-0.1, -0.05) is 18.2 Å². The minimum Gasteiger partial charge on any atom is -0.285 e. The van der Waals surface area contributed by atoms with Crippen LogP contribution in [0, 0.1) is 0 Å². The van der Waals surface area contributed by atoms with E-state index in [1.165, 1.54) is 24.5 Å². The Morgan fingerprint density at radius 3 is 2.30 bits per heavy atom. The molecule has 112 valence electrons. The van der Waals surface area contributed by atoms with Gasteiger partial charge < -0.3 is 0 Å². The maximum absolute atomic E-state index is 12.5. The van der Waals surface area contributed by atoms with E-state index in [-0.39, 0.29) is 21.4 Å². The first kappa shape index (κ1) is 13.8. The second-order valence-corrected chi connectivity index (χ2v) is 7.00. The zero-order valence-electron chi connectivity index (χ0n) is 11.8. The van der Waals surface area contributed by atoms with E-state index in [2.05, 4.69) is 9.97 Å². The van der Waals surface area contributed by atoms with Crippen LogP contribution in [0.1, 0.15) is 16.2 Å². The molecule has 0 bridgehead atoms. The summed E-state index contributed by atoms with van der Waals surface area (Å²) >= 11 is 0. The minimum atomic E-state index is -3.51. The van der Waals surface area contributed by atoms with Gasteiger partial charge in [-0.3, -0.25) is 4.79 Å². The first-order chi connectivity index (χ1) is 11.1. The average Bonchev–Trinajstić information content (AvgIpc) is 2.83. The van der Waals surface area contributed by atoms with Crippen molar-refractivity contribution in [3.8, 4) is 11.1 Å². The lowest BCUT2D eigenvalue weighted by Gasteiger charge is -2.03. The Labute approximate surface area is 132 Å². The van der Waals surface area contributed by atoms with Crippen LogP contribution in [0.3, 0.4) is 0 Å². The van der Waals surface area contributed by atoms with E-state index in [0.29, 0.717) is 16.7 Å². The molecule has 0 spiro atoms. The van der Waals surface area contributed by atoms with Crippen LogP contribution in [0.25, 0.3) is 11.1 Å². The Bertz CT molecular complexity index is 1040. The average molecular weight is 322 g/mol. The Balaban J connectivity index is 1.90. The molecule has 0 saturated heterocycles. The standard InChI is InChI=1S/C17H10N2O3S/c20-16(17-18-8-3-9-19-17)11-6-7-15-13(10-11)12-4-1-2-5-14(12)23(15,21)22/h1-10H. The largest absolute Gasteiger partial charge is 0.285 e. The van der Waals surface area contributed by atoms with Gasteiger partial charge in [-0.15, -0.1) is 0 Å². The highest BCUT2D eigenvalue weighted by Crippen LogP contribution is 2.43. The smallest absolute Gasteiger partial charge is 0.230 e. The van der Waals surface area contributed by atoms with E-state index in [1.807, 2.05) is 0 Å². The van der Waals surface area contributed by atoms with Crippen LogP contribution < -0.4 is 0 Å². The van der Waals surface area contributed by atoms with E-state index in [4.69, 9.17) is 0 Å². The number of carbonyl (C=O) groups excluding carboxylic acids is 1. The van der Waals surface area contributed by atoms with Crippen LogP contribution in [-0.2, 0) is 9.84 Å². The van der Waals surface area contributed by atoms with Crippen molar-refractivity contribution in [3.63, 3.8) is 0 Å². The lowest BCUT2D eigenvalue weighted by molar-refractivity contribution is 0.102. The van der Waals surface area contributed by atoms with Crippen molar-refractivity contribution in [3.05, 3.63) is 72.3 Å². The van der Waals surface area contributed by atoms with E-state index >= 15 is 0 Å². The van der Waals surface area contributed by atoms with Crippen molar-refractivity contribution in [2.75, 3.05) is 0 Å². The van der Waals surface area contributed by atoms with E-state index in [1.54, 1.807) is 36.4 Å². The number of fused-ring (bicyclic) bond motifs is 3. The zero-order chi connectivity index (χ0) is 16.0. The molecule has 1 aliphatic rings. The van der Waals surface area contributed by atoms with E-state index < -0.39 is 9.84 Å². The second kappa shape index (κ2) is 4.82. The van der Waals surface area contributed by atoms with Gasteiger partial charge in [0.25, 0.3) is 0 Å². The second-order valence-electron chi connectivity index (χ2n) is 5.11. The molecular formula is C17H10N2O3S. The molecule has 0 aliphatic carbocycles. The van der Waals surface area contributed by atoms with E-state index in [9.17, 15) is 13.2 Å². The molecule has 0 fully saturated rings. The van der Waals surface area contributed by atoms with Gasteiger partial charge in [-0.05, 0) is 30.3 Å². The van der Waals surface area contributed by atoms with Gasteiger partial charge in [0.15, 0.2) is 0 Å². The van der Waals surface area contributed by atoms with Crippen LogP contribution in [-0.4, -0.2) is 24.2 Å². The topological polar surface area (TPSA) is 77.0 Å². The highest BCUT2D eigenvalue weighted by atomic mass is 32.2. The maximum Gasteiger partial charge on any atom is 0.230 e. The third-order valence-electron chi connectivity index (χ3n) is 3.77. The maximum atomic E-state index is 12.5. The highest BCUT2D eigenvalue weighted by molar-refractivity contribution is 7.92. The summed E-state index contributed by atoms with van der Waals surface area (Å²) in [5, 5.41) is 0. The number of rotatable bonds is 2. The molecule has 0 unspecified atom stereocenters. The molecule has 1 aromatic heterocycles. The Morgan fingerprint density at radius 1 is 0.826 bits per heavy atom. The predicted octanol–water partition coefficient (Wildman–Crippen LogP) is 2.52. The molecule has 2 aromatic carbocycles. The summed E-state index contributed by atoms with van der Waals surface area (Å²) in [6.45, 7) is 0. The van der Waals surface area contributed by atoms with Crippen LogP contribution in [0.15, 0.2) is 70.7 Å². The molecule has 5 nitrogen and oxygen atoms in total. The van der Waals surface area contributed by atoms with Crippen molar-refractivity contribution >= 4 is 15.6 Å².